The summed E-state index contributed by atoms with van der Waals surface area (Å²) in [5, 5.41) is 2.04. The van der Waals surface area contributed by atoms with Gasteiger partial charge in [-0.15, -0.1) is 0 Å². The molecular formula is C28H28ClF4N3O4S. The average Bonchev–Trinajstić information content (AvgIpc) is 2.90. The Bertz CT molecular complexity index is 1470. The zero-order valence-corrected chi connectivity index (χ0v) is 23.7. The molecule has 0 unspecified atom stereocenters. The highest BCUT2D eigenvalue weighted by molar-refractivity contribution is 7.92. The number of halogens is 5. The lowest BCUT2D eigenvalue weighted by Gasteiger charge is -2.33. The van der Waals surface area contributed by atoms with Crippen LogP contribution in [0.15, 0.2) is 72.8 Å². The summed E-state index contributed by atoms with van der Waals surface area (Å²) in [5.41, 5.74) is -0.561. The summed E-state index contributed by atoms with van der Waals surface area (Å²) < 4.78 is 80.2. The second-order valence-electron chi connectivity index (χ2n) is 9.18. The molecule has 3 aromatic rings. The van der Waals surface area contributed by atoms with Crippen LogP contribution in [-0.4, -0.2) is 50.5 Å². The fourth-order valence-corrected chi connectivity index (χ4v) is 5.20. The lowest BCUT2D eigenvalue weighted by Crippen LogP contribution is -2.53. The average molecular weight is 614 g/mol. The molecule has 3 rings (SSSR count). The van der Waals surface area contributed by atoms with E-state index in [1.807, 2.05) is 0 Å². The minimum Gasteiger partial charge on any atom is -0.355 e. The topological polar surface area (TPSA) is 86.8 Å². The molecule has 0 aromatic heterocycles. The van der Waals surface area contributed by atoms with Crippen LogP contribution in [0.25, 0.3) is 0 Å². The first-order chi connectivity index (χ1) is 19.2. The minimum absolute atomic E-state index is 0.0532. The van der Waals surface area contributed by atoms with Crippen LogP contribution in [0.5, 0.6) is 0 Å². The Kier molecular flexibility index (Phi) is 10.4. The number of anilines is 1. The van der Waals surface area contributed by atoms with Gasteiger partial charge >= 0.3 is 6.18 Å². The van der Waals surface area contributed by atoms with Crippen molar-refractivity contribution >= 4 is 39.1 Å². The van der Waals surface area contributed by atoms with E-state index < -0.39 is 62.7 Å². The van der Waals surface area contributed by atoms with Crippen molar-refractivity contribution in [1.29, 1.82) is 0 Å². The van der Waals surface area contributed by atoms with Crippen molar-refractivity contribution in [2.24, 2.45) is 0 Å². The van der Waals surface area contributed by atoms with Gasteiger partial charge in [-0.05, 0) is 48.4 Å². The van der Waals surface area contributed by atoms with E-state index in [0.717, 1.165) is 23.3 Å². The smallest absolute Gasteiger partial charge is 0.355 e. The fraction of sp³-hybridized carbons (Fsp3) is 0.286. The SMILES string of the molecule is CCNC(=O)[C@@H](Cc1ccccc1)N(Cc1ccc(F)cc1)C(=O)CN(c1ccc(Cl)c(C(F)(F)F)c1)S(C)(=O)=O. The van der Waals surface area contributed by atoms with Crippen molar-refractivity contribution in [2.75, 3.05) is 23.7 Å². The summed E-state index contributed by atoms with van der Waals surface area (Å²) in [6, 6.07) is 15.3. The number of benzene rings is 3. The zero-order valence-electron chi connectivity index (χ0n) is 22.2. The molecule has 3 aromatic carbocycles. The quantitative estimate of drug-likeness (QED) is 0.307. The lowest BCUT2D eigenvalue weighted by molar-refractivity contribution is -0.140. The number of alkyl halides is 3. The number of nitrogens with zero attached hydrogens (tertiary/aromatic N) is 2. The summed E-state index contributed by atoms with van der Waals surface area (Å²) >= 11 is 5.71. The second-order valence-corrected chi connectivity index (χ2v) is 11.5. The van der Waals surface area contributed by atoms with Gasteiger partial charge in [0, 0.05) is 19.5 Å². The zero-order chi connectivity index (χ0) is 30.4. The molecule has 13 heteroatoms. The fourth-order valence-electron chi connectivity index (χ4n) is 4.13. The first kappa shape index (κ1) is 31.9. The van der Waals surface area contributed by atoms with E-state index >= 15 is 0 Å². The minimum atomic E-state index is -4.88. The highest BCUT2D eigenvalue weighted by Crippen LogP contribution is 2.37. The molecule has 7 nitrogen and oxygen atoms in total. The first-order valence-corrected chi connectivity index (χ1v) is 14.6. The predicted octanol–water partition coefficient (Wildman–Crippen LogP) is 5.04. The molecule has 0 bridgehead atoms. The molecule has 2 amide bonds. The molecule has 41 heavy (non-hydrogen) atoms. The van der Waals surface area contributed by atoms with Crippen LogP contribution in [0.3, 0.4) is 0 Å². The number of carbonyl (C=O) groups is 2. The summed E-state index contributed by atoms with van der Waals surface area (Å²) in [6.45, 7) is 0.806. The summed E-state index contributed by atoms with van der Waals surface area (Å²) in [4.78, 5) is 28.2. The molecule has 0 aliphatic rings. The van der Waals surface area contributed by atoms with E-state index in [-0.39, 0.29) is 19.5 Å². The molecule has 220 valence electrons. The maximum Gasteiger partial charge on any atom is 0.417 e. The Hall–Kier alpha value is -3.64. The molecule has 0 radical (unpaired) electrons. The summed E-state index contributed by atoms with van der Waals surface area (Å²) in [5.74, 6) is -1.92. The van der Waals surface area contributed by atoms with Crippen molar-refractivity contribution in [1.82, 2.24) is 10.2 Å². The van der Waals surface area contributed by atoms with Crippen LogP contribution >= 0.6 is 11.6 Å². The first-order valence-electron chi connectivity index (χ1n) is 12.4. The van der Waals surface area contributed by atoms with E-state index in [2.05, 4.69) is 5.32 Å². The van der Waals surface area contributed by atoms with Gasteiger partial charge in [0.15, 0.2) is 0 Å². The number of likely N-dealkylation sites (N-methyl/N-ethyl adjacent to an activating group) is 1. The van der Waals surface area contributed by atoms with Crippen LogP contribution in [0, 0.1) is 5.82 Å². The Morgan fingerprint density at radius 3 is 2.17 bits per heavy atom. The van der Waals surface area contributed by atoms with Crippen LogP contribution in [-0.2, 0) is 38.8 Å². The summed E-state index contributed by atoms with van der Waals surface area (Å²) in [6.07, 6.45) is -4.08. The van der Waals surface area contributed by atoms with Crippen molar-refractivity contribution in [2.45, 2.75) is 32.1 Å². The monoisotopic (exact) mass is 613 g/mol. The van der Waals surface area contributed by atoms with Gasteiger partial charge in [0.2, 0.25) is 21.8 Å². The van der Waals surface area contributed by atoms with Gasteiger partial charge in [-0.3, -0.25) is 13.9 Å². The molecule has 0 spiro atoms. The maximum absolute atomic E-state index is 13.9. The molecule has 0 aliphatic heterocycles. The number of nitrogens with one attached hydrogen (secondary N) is 1. The molecule has 1 atom stereocenters. The van der Waals surface area contributed by atoms with Crippen LogP contribution in [0.4, 0.5) is 23.2 Å². The van der Waals surface area contributed by atoms with Gasteiger partial charge < -0.3 is 10.2 Å². The standard InChI is InChI=1S/C28H28ClF4N3O4S/c1-3-34-27(38)25(15-19-7-5-4-6-8-19)35(17-20-9-11-21(30)12-10-20)26(37)18-36(41(2,39)40)22-13-14-24(29)23(16-22)28(31,32)33/h4-14,16,25H,3,15,17-18H2,1-2H3,(H,34,38)/t25-/m1/s1. The van der Waals surface area contributed by atoms with Gasteiger partial charge in [-0.1, -0.05) is 54.1 Å². The molecule has 0 aliphatic carbocycles. The Morgan fingerprint density at radius 2 is 1.61 bits per heavy atom. The van der Waals surface area contributed by atoms with E-state index in [0.29, 0.717) is 21.5 Å². The third-order valence-electron chi connectivity index (χ3n) is 6.11. The largest absolute Gasteiger partial charge is 0.417 e. The molecule has 0 saturated carbocycles. The third-order valence-corrected chi connectivity index (χ3v) is 7.58. The van der Waals surface area contributed by atoms with Crippen LogP contribution in [0.2, 0.25) is 5.02 Å². The van der Waals surface area contributed by atoms with E-state index in [1.165, 1.54) is 24.3 Å². The van der Waals surface area contributed by atoms with Gasteiger partial charge in [0.05, 0.1) is 22.5 Å². The Balaban J connectivity index is 2.08. The van der Waals surface area contributed by atoms with Crippen molar-refractivity contribution in [3.8, 4) is 0 Å². The van der Waals surface area contributed by atoms with Gasteiger partial charge in [-0.2, -0.15) is 13.2 Å². The Morgan fingerprint density at radius 1 is 0.976 bits per heavy atom. The van der Waals surface area contributed by atoms with Gasteiger partial charge in [0.1, 0.15) is 18.4 Å². The third kappa shape index (κ3) is 8.67. The van der Waals surface area contributed by atoms with Crippen molar-refractivity contribution in [3.63, 3.8) is 0 Å². The molecular weight excluding hydrogens is 586 g/mol. The maximum atomic E-state index is 13.9. The van der Waals surface area contributed by atoms with E-state index in [4.69, 9.17) is 11.6 Å². The number of carbonyl (C=O) groups excluding carboxylic acids is 2. The number of amides is 2. The number of hydrogen-bond donors (Lipinski definition) is 1. The van der Waals surface area contributed by atoms with Crippen molar-refractivity contribution in [3.05, 3.63) is 100 Å². The van der Waals surface area contributed by atoms with Gasteiger partial charge in [-0.25, -0.2) is 12.8 Å². The van der Waals surface area contributed by atoms with E-state index in [9.17, 15) is 35.6 Å². The highest BCUT2D eigenvalue weighted by atomic mass is 35.5. The van der Waals surface area contributed by atoms with Crippen LogP contribution < -0.4 is 9.62 Å². The number of rotatable bonds is 11. The molecule has 0 saturated heterocycles. The molecule has 1 N–H and O–H groups in total. The molecule has 0 heterocycles. The predicted molar refractivity (Wildman–Crippen MR) is 148 cm³/mol. The normalized spacial score (nSPS) is 12.5. The van der Waals surface area contributed by atoms with Crippen molar-refractivity contribution < 1.29 is 35.6 Å². The lowest BCUT2D eigenvalue weighted by atomic mass is 10.0. The number of sulfonamides is 1. The molecule has 0 fully saturated rings. The number of hydrogen-bond acceptors (Lipinski definition) is 4. The Labute approximate surface area is 240 Å². The second kappa shape index (κ2) is 13.3. The summed E-state index contributed by atoms with van der Waals surface area (Å²) in [7, 11) is -4.29. The van der Waals surface area contributed by atoms with Crippen LogP contribution in [0.1, 0.15) is 23.6 Å². The van der Waals surface area contributed by atoms with E-state index in [1.54, 1.807) is 37.3 Å². The van der Waals surface area contributed by atoms with Gasteiger partial charge in [0.25, 0.3) is 0 Å². The highest BCUT2D eigenvalue weighted by Gasteiger charge is 2.36.